The predicted molar refractivity (Wildman–Crippen MR) is 110 cm³/mol. The fraction of sp³-hybridized carbons (Fsp3) is 0.364. The lowest BCUT2D eigenvalue weighted by Gasteiger charge is -2.37. The Morgan fingerprint density at radius 2 is 1.89 bits per heavy atom. The number of ether oxygens (including phenoxy) is 1. The van der Waals surface area contributed by atoms with Gasteiger partial charge in [0.05, 0.1) is 22.3 Å². The number of fused-ring (bicyclic) bond motifs is 1. The molecule has 0 aliphatic carbocycles. The zero-order valence-electron chi connectivity index (χ0n) is 15.7. The third-order valence-corrected chi connectivity index (χ3v) is 6.04. The van der Waals surface area contributed by atoms with Crippen molar-refractivity contribution in [2.45, 2.75) is 49.0 Å². The van der Waals surface area contributed by atoms with Crippen LogP contribution in [0.5, 0.6) is 0 Å². The maximum Gasteiger partial charge on any atom is 0.261 e. The number of rotatable bonds is 4. The molecule has 0 bridgehead atoms. The Hall–Kier alpha value is -2.11. The van der Waals surface area contributed by atoms with E-state index in [-0.39, 0.29) is 17.2 Å². The molecule has 1 fully saturated rings. The molecule has 4 nitrogen and oxygen atoms in total. The Bertz CT molecular complexity index is 998. The van der Waals surface area contributed by atoms with Crippen LogP contribution in [-0.2, 0) is 10.5 Å². The minimum atomic E-state index is -0.224. The average molecular weight is 381 g/mol. The van der Waals surface area contributed by atoms with Crippen LogP contribution in [0.1, 0.15) is 38.6 Å². The molecule has 2 aromatic carbocycles. The SMILES string of the molecule is CC1(C)CC(n2c(CSc3ccccc3)nc3ccccc3c2=O)CCO1. The summed E-state index contributed by atoms with van der Waals surface area (Å²) in [6, 6.07) is 18.0. The Morgan fingerprint density at radius 1 is 1.15 bits per heavy atom. The van der Waals surface area contributed by atoms with E-state index in [9.17, 15) is 4.79 Å². The maximum absolute atomic E-state index is 13.3. The second-order valence-electron chi connectivity index (χ2n) is 7.58. The second-order valence-corrected chi connectivity index (χ2v) is 8.63. The summed E-state index contributed by atoms with van der Waals surface area (Å²) in [4.78, 5) is 19.4. The zero-order valence-corrected chi connectivity index (χ0v) is 16.5. The van der Waals surface area contributed by atoms with Gasteiger partial charge in [0.15, 0.2) is 0 Å². The number of aromatic nitrogens is 2. The lowest BCUT2D eigenvalue weighted by atomic mass is 9.93. The quantitative estimate of drug-likeness (QED) is 0.609. The number of benzene rings is 2. The first-order valence-corrected chi connectivity index (χ1v) is 10.3. The number of hydrogen-bond acceptors (Lipinski definition) is 4. The van der Waals surface area contributed by atoms with Gasteiger partial charge in [0.1, 0.15) is 5.82 Å². The van der Waals surface area contributed by atoms with E-state index < -0.39 is 0 Å². The summed E-state index contributed by atoms with van der Waals surface area (Å²) < 4.78 is 7.81. The van der Waals surface area contributed by atoms with Crippen LogP contribution < -0.4 is 5.56 Å². The molecule has 5 heteroatoms. The predicted octanol–water partition coefficient (Wildman–Crippen LogP) is 4.82. The van der Waals surface area contributed by atoms with Gasteiger partial charge in [0.2, 0.25) is 0 Å². The van der Waals surface area contributed by atoms with E-state index in [0.717, 1.165) is 24.2 Å². The molecule has 3 aromatic rings. The fourth-order valence-electron chi connectivity index (χ4n) is 3.75. The van der Waals surface area contributed by atoms with Gasteiger partial charge in [-0.05, 0) is 51.0 Å². The van der Waals surface area contributed by atoms with Crippen LogP contribution in [0, 0.1) is 0 Å². The highest BCUT2D eigenvalue weighted by Gasteiger charge is 2.32. The number of hydrogen-bond donors (Lipinski definition) is 0. The van der Waals surface area contributed by atoms with Crippen molar-refractivity contribution in [3.8, 4) is 0 Å². The highest BCUT2D eigenvalue weighted by molar-refractivity contribution is 7.98. The summed E-state index contributed by atoms with van der Waals surface area (Å²) in [6.07, 6.45) is 1.66. The number of thioether (sulfide) groups is 1. The van der Waals surface area contributed by atoms with Crippen molar-refractivity contribution in [1.82, 2.24) is 9.55 Å². The van der Waals surface area contributed by atoms with Crippen molar-refractivity contribution in [2.24, 2.45) is 0 Å². The van der Waals surface area contributed by atoms with Crippen molar-refractivity contribution in [3.05, 3.63) is 70.8 Å². The van der Waals surface area contributed by atoms with Gasteiger partial charge >= 0.3 is 0 Å². The molecule has 1 aliphatic heterocycles. The Labute approximate surface area is 163 Å². The average Bonchev–Trinajstić information content (AvgIpc) is 2.66. The summed E-state index contributed by atoms with van der Waals surface area (Å²) in [6.45, 7) is 4.86. The molecule has 0 spiro atoms. The molecule has 1 unspecified atom stereocenters. The topological polar surface area (TPSA) is 44.1 Å². The van der Waals surface area contributed by atoms with E-state index in [1.165, 1.54) is 4.90 Å². The van der Waals surface area contributed by atoms with Crippen molar-refractivity contribution < 1.29 is 4.74 Å². The first-order valence-electron chi connectivity index (χ1n) is 9.35. The van der Waals surface area contributed by atoms with Gasteiger partial charge in [-0.15, -0.1) is 11.8 Å². The van der Waals surface area contributed by atoms with Gasteiger partial charge in [0.25, 0.3) is 5.56 Å². The van der Waals surface area contributed by atoms with Crippen LogP contribution in [0.25, 0.3) is 10.9 Å². The molecule has 0 N–H and O–H groups in total. The molecule has 0 saturated carbocycles. The molecule has 1 atom stereocenters. The monoisotopic (exact) mass is 380 g/mol. The van der Waals surface area contributed by atoms with E-state index in [0.29, 0.717) is 17.7 Å². The molecule has 1 aliphatic rings. The zero-order chi connectivity index (χ0) is 18.9. The standard InChI is InChI=1S/C22H24N2O2S/c1-22(2)14-16(12-13-26-22)24-20(15-27-17-8-4-3-5-9-17)23-19-11-7-6-10-18(19)21(24)25/h3-11,16H,12-15H2,1-2H3. The van der Waals surface area contributed by atoms with E-state index >= 15 is 0 Å². The first kappa shape index (κ1) is 18.3. The Kier molecular flexibility index (Phi) is 5.06. The lowest BCUT2D eigenvalue weighted by molar-refractivity contribution is -0.0699. The Balaban J connectivity index is 1.77. The van der Waals surface area contributed by atoms with Gasteiger partial charge in [-0.3, -0.25) is 9.36 Å². The first-order chi connectivity index (χ1) is 13.0. The van der Waals surface area contributed by atoms with Crippen LogP contribution in [0.3, 0.4) is 0 Å². The van der Waals surface area contributed by atoms with Crippen molar-refractivity contribution >= 4 is 22.7 Å². The van der Waals surface area contributed by atoms with Crippen LogP contribution in [-0.4, -0.2) is 21.8 Å². The molecule has 1 aromatic heterocycles. The normalized spacial score (nSPS) is 19.3. The molecular weight excluding hydrogens is 356 g/mol. The van der Waals surface area contributed by atoms with E-state index in [1.807, 2.05) is 47.0 Å². The summed E-state index contributed by atoms with van der Waals surface area (Å²) >= 11 is 1.72. The van der Waals surface area contributed by atoms with Gasteiger partial charge < -0.3 is 4.74 Å². The van der Waals surface area contributed by atoms with Gasteiger partial charge in [-0.1, -0.05) is 30.3 Å². The second kappa shape index (κ2) is 7.49. The van der Waals surface area contributed by atoms with E-state index in [1.54, 1.807) is 11.8 Å². The molecule has 27 heavy (non-hydrogen) atoms. The molecule has 140 valence electrons. The summed E-state index contributed by atoms with van der Waals surface area (Å²) in [5, 5.41) is 0.690. The van der Waals surface area contributed by atoms with E-state index in [2.05, 4.69) is 26.0 Å². The number of para-hydroxylation sites is 1. The minimum absolute atomic E-state index is 0.0620. The van der Waals surface area contributed by atoms with Crippen LogP contribution in [0.15, 0.2) is 64.3 Å². The van der Waals surface area contributed by atoms with E-state index in [4.69, 9.17) is 9.72 Å². The van der Waals surface area contributed by atoms with Crippen molar-refractivity contribution in [2.75, 3.05) is 6.61 Å². The molecule has 1 saturated heterocycles. The molecule has 2 heterocycles. The third kappa shape index (κ3) is 3.94. The van der Waals surface area contributed by atoms with Crippen LogP contribution >= 0.6 is 11.8 Å². The molecule has 0 radical (unpaired) electrons. The van der Waals surface area contributed by atoms with Crippen LogP contribution in [0.2, 0.25) is 0 Å². The molecule has 4 rings (SSSR count). The van der Waals surface area contributed by atoms with Gasteiger partial charge in [-0.2, -0.15) is 0 Å². The minimum Gasteiger partial charge on any atom is -0.375 e. The fourth-order valence-corrected chi connectivity index (χ4v) is 4.60. The van der Waals surface area contributed by atoms with Gasteiger partial charge in [0, 0.05) is 17.5 Å². The van der Waals surface area contributed by atoms with Crippen molar-refractivity contribution in [1.29, 1.82) is 0 Å². The smallest absolute Gasteiger partial charge is 0.261 e. The summed E-state index contributed by atoms with van der Waals surface area (Å²) in [7, 11) is 0. The molecule has 0 amide bonds. The third-order valence-electron chi connectivity index (χ3n) is 5.03. The maximum atomic E-state index is 13.3. The highest BCUT2D eigenvalue weighted by atomic mass is 32.2. The van der Waals surface area contributed by atoms with Crippen molar-refractivity contribution in [3.63, 3.8) is 0 Å². The molecular formula is C22H24N2O2S. The van der Waals surface area contributed by atoms with Gasteiger partial charge in [-0.25, -0.2) is 4.98 Å². The number of nitrogens with zero attached hydrogens (tertiary/aromatic N) is 2. The lowest BCUT2D eigenvalue weighted by Crippen LogP contribution is -2.39. The highest BCUT2D eigenvalue weighted by Crippen LogP contribution is 2.33. The summed E-state index contributed by atoms with van der Waals surface area (Å²) in [5.74, 6) is 1.51. The summed E-state index contributed by atoms with van der Waals surface area (Å²) in [5.41, 5.74) is 0.610. The van der Waals surface area contributed by atoms with Crippen LogP contribution in [0.4, 0.5) is 0 Å². The largest absolute Gasteiger partial charge is 0.375 e. The Morgan fingerprint density at radius 3 is 2.67 bits per heavy atom.